The number of hydrogen-bond acceptors (Lipinski definition) is 3. The first kappa shape index (κ1) is 19.2. The summed E-state index contributed by atoms with van der Waals surface area (Å²) in [6.07, 6.45) is -3.99. The number of nitrogens with zero attached hydrogens (tertiary/aromatic N) is 2. The molecule has 0 bridgehead atoms. The first-order valence-electron chi connectivity index (χ1n) is 8.68. The molecule has 27 heavy (non-hydrogen) atoms. The van der Waals surface area contributed by atoms with Crippen LogP contribution in [0.3, 0.4) is 0 Å². The van der Waals surface area contributed by atoms with Crippen molar-refractivity contribution in [1.82, 2.24) is 9.80 Å². The van der Waals surface area contributed by atoms with Gasteiger partial charge in [0.05, 0.1) is 11.3 Å². The summed E-state index contributed by atoms with van der Waals surface area (Å²) in [5.74, 6) is -1.17. The number of amides is 3. The second kappa shape index (κ2) is 6.86. The minimum atomic E-state index is -4.60. The third-order valence-corrected chi connectivity index (χ3v) is 5.09. The fourth-order valence-corrected chi connectivity index (χ4v) is 3.27. The number of hydrogen-bond donors (Lipinski definition) is 1. The molecule has 0 aromatic heterocycles. The smallest absolute Gasteiger partial charge is 0.339 e. The van der Waals surface area contributed by atoms with E-state index >= 15 is 0 Å². The average Bonchev–Trinajstić information content (AvgIpc) is 3.42. The quantitative estimate of drug-likeness (QED) is 0.813. The summed E-state index contributed by atoms with van der Waals surface area (Å²) in [5.41, 5.74) is -2.61. The van der Waals surface area contributed by atoms with Gasteiger partial charge in [-0.05, 0) is 25.0 Å². The first-order valence-corrected chi connectivity index (χ1v) is 8.68. The molecule has 1 heterocycles. The highest BCUT2D eigenvalue weighted by atomic mass is 19.4. The third-order valence-electron chi connectivity index (χ3n) is 5.09. The van der Waals surface area contributed by atoms with Crippen LogP contribution >= 0.6 is 0 Å². The van der Waals surface area contributed by atoms with Crippen molar-refractivity contribution in [2.75, 3.05) is 31.5 Å². The number of benzene rings is 1. The predicted octanol–water partition coefficient (Wildman–Crippen LogP) is 2.11. The number of halogens is 3. The highest BCUT2D eigenvalue weighted by Crippen LogP contribution is 2.48. The number of anilines is 1. The number of alkyl halides is 3. The van der Waals surface area contributed by atoms with E-state index in [9.17, 15) is 27.6 Å². The maximum absolute atomic E-state index is 13.1. The molecule has 1 aliphatic heterocycles. The highest BCUT2D eigenvalue weighted by Gasteiger charge is 2.58. The van der Waals surface area contributed by atoms with Crippen molar-refractivity contribution < 1.29 is 27.6 Å². The van der Waals surface area contributed by atoms with Gasteiger partial charge in [0.2, 0.25) is 17.7 Å². The van der Waals surface area contributed by atoms with E-state index < -0.39 is 23.1 Å². The van der Waals surface area contributed by atoms with Gasteiger partial charge in [0.15, 0.2) is 0 Å². The van der Waals surface area contributed by atoms with Gasteiger partial charge in [-0.3, -0.25) is 14.4 Å². The molecule has 0 radical (unpaired) electrons. The summed E-state index contributed by atoms with van der Waals surface area (Å²) in [6.45, 7) is 2.84. The van der Waals surface area contributed by atoms with Crippen molar-refractivity contribution >= 4 is 23.4 Å². The van der Waals surface area contributed by atoms with Crippen molar-refractivity contribution in [2.45, 2.75) is 25.9 Å². The Bertz CT molecular complexity index is 767. The Morgan fingerprint density at radius 2 is 1.56 bits per heavy atom. The van der Waals surface area contributed by atoms with Crippen LogP contribution in [0.2, 0.25) is 0 Å². The molecule has 2 fully saturated rings. The minimum Gasteiger partial charge on any atom is -0.339 e. The predicted molar refractivity (Wildman–Crippen MR) is 90.6 cm³/mol. The largest absolute Gasteiger partial charge is 0.418 e. The van der Waals surface area contributed by atoms with Crippen molar-refractivity contribution in [1.29, 1.82) is 0 Å². The zero-order valence-corrected chi connectivity index (χ0v) is 14.8. The molecule has 6 nitrogen and oxygen atoms in total. The lowest BCUT2D eigenvalue weighted by Crippen LogP contribution is -2.53. The molecule has 0 atom stereocenters. The topological polar surface area (TPSA) is 69.7 Å². The van der Waals surface area contributed by atoms with E-state index in [-0.39, 0.29) is 17.5 Å². The molecular weight excluding hydrogens is 363 g/mol. The van der Waals surface area contributed by atoms with E-state index in [0.717, 1.165) is 6.07 Å². The molecule has 0 unspecified atom stereocenters. The molecule has 3 rings (SSSR count). The number of carbonyl (C=O) groups is 3. The number of carbonyl (C=O) groups excluding carboxylic acids is 3. The molecule has 1 saturated heterocycles. The molecule has 1 aromatic rings. The standard InChI is InChI=1S/C18H20F3N3O3/c1-12(25)23-8-10-24(11-9-23)16(27)17(6-7-17)15(26)22-14-5-3-2-4-13(14)18(19,20)21/h2-5H,6-11H2,1H3,(H,22,26). The van der Waals surface area contributed by atoms with E-state index in [4.69, 9.17) is 0 Å². The van der Waals surface area contributed by atoms with Crippen LogP contribution in [0.25, 0.3) is 0 Å². The molecule has 1 N–H and O–H groups in total. The zero-order chi connectivity index (χ0) is 19.8. The van der Waals surface area contributed by atoms with Crippen LogP contribution < -0.4 is 5.32 Å². The van der Waals surface area contributed by atoms with E-state index in [1.54, 1.807) is 4.90 Å². The normalized spacial score (nSPS) is 18.8. The number of para-hydroxylation sites is 1. The van der Waals surface area contributed by atoms with Gasteiger partial charge in [-0.25, -0.2) is 0 Å². The monoisotopic (exact) mass is 383 g/mol. The van der Waals surface area contributed by atoms with Gasteiger partial charge in [-0.2, -0.15) is 13.2 Å². The van der Waals surface area contributed by atoms with Gasteiger partial charge in [0.1, 0.15) is 5.41 Å². The van der Waals surface area contributed by atoms with Crippen LogP contribution in [0.15, 0.2) is 24.3 Å². The van der Waals surface area contributed by atoms with Gasteiger partial charge in [-0.1, -0.05) is 12.1 Å². The molecule has 2 aliphatic rings. The summed E-state index contributed by atoms with van der Waals surface area (Å²) >= 11 is 0. The summed E-state index contributed by atoms with van der Waals surface area (Å²) in [4.78, 5) is 40.0. The fourth-order valence-electron chi connectivity index (χ4n) is 3.27. The number of nitrogens with one attached hydrogen (secondary N) is 1. The number of rotatable bonds is 3. The SMILES string of the molecule is CC(=O)N1CCN(C(=O)C2(C(=O)Nc3ccccc3C(F)(F)F)CC2)CC1. The van der Waals surface area contributed by atoms with Crippen LogP contribution in [0, 0.1) is 5.41 Å². The summed E-state index contributed by atoms with van der Waals surface area (Å²) in [7, 11) is 0. The Balaban J connectivity index is 1.71. The Morgan fingerprint density at radius 3 is 2.07 bits per heavy atom. The summed E-state index contributed by atoms with van der Waals surface area (Å²) in [6, 6.07) is 4.70. The molecule has 1 saturated carbocycles. The van der Waals surface area contributed by atoms with Crippen molar-refractivity contribution in [2.24, 2.45) is 5.41 Å². The molecule has 3 amide bonds. The van der Waals surface area contributed by atoms with Crippen molar-refractivity contribution in [3.05, 3.63) is 29.8 Å². The van der Waals surface area contributed by atoms with E-state index in [1.165, 1.54) is 30.0 Å². The van der Waals surface area contributed by atoms with Crippen LogP contribution in [-0.4, -0.2) is 53.7 Å². The van der Waals surface area contributed by atoms with Crippen LogP contribution in [0.5, 0.6) is 0 Å². The third kappa shape index (κ3) is 3.77. The molecular formula is C18H20F3N3O3. The van der Waals surface area contributed by atoms with Gasteiger partial charge in [-0.15, -0.1) is 0 Å². The van der Waals surface area contributed by atoms with Gasteiger partial charge >= 0.3 is 6.18 Å². The van der Waals surface area contributed by atoms with E-state index in [2.05, 4.69) is 5.32 Å². The maximum Gasteiger partial charge on any atom is 0.418 e. The van der Waals surface area contributed by atoms with Gasteiger partial charge < -0.3 is 15.1 Å². The second-order valence-corrected chi connectivity index (χ2v) is 6.88. The summed E-state index contributed by atoms with van der Waals surface area (Å²) in [5, 5.41) is 2.30. The molecule has 1 aliphatic carbocycles. The lowest BCUT2D eigenvalue weighted by molar-refractivity contribution is -0.146. The van der Waals surface area contributed by atoms with E-state index in [0.29, 0.717) is 39.0 Å². The van der Waals surface area contributed by atoms with Crippen LogP contribution in [0.1, 0.15) is 25.3 Å². The second-order valence-electron chi connectivity index (χ2n) is 6.88. The molecule has 0 spiro atoms. The van der Waals surface area contributed by atoms with Crippen LogP contribution in [0.4, 0.5) is 18.9 Å². The van der Waals surface area contributed by atoms with Crippen molar-refractivity contribution in [3.8, 4) is 0 Å². The van der Waals surface area contributed by atoms with Crippen LogP contribution in [-0.2, 0) is 20.6 Å². The van der Waals surface area contributed by atoms with Crippen molar-refractivity contribution in [3.63, 3.8) is 0 Å². The molecule has 146 valence electrons. The Kier molecular flexibility index (Phi) is 4.88. The molecule has 9 heteroatoms. The Labute approximate surface area is 154 Å². The average molecular weight is 383 g/mol. The van der Waals surface area contributed by atoms with E-state index in [1.807, 2.05) is 0 Å². The summed E-state index contributed by atoms with van der Waals surface area (Å²) < 4.78 is 39.3. The Morgan fingerprint density at radius 1 is 1.00 bits per heavy atom. The first-order chi connectivity index (χ1) is 12.6. The van der Waals surface area contributed by atoms with Gasteiger partial charge in [0, 0.05) is 33.1 Å². The number of piperazine rings is 1. The zero-order valence-electron chi connectivity index (χ0n) is 14.8. The van der Waals surface area contributed by atoms with Gasteiger partial charge in [0.25, 0.3) is 0 Å². The Hall–Kier alpha value is -2.58. The highest BCUT2D eigenvalue weighted by molar-refractivity contribution is 6.13. The maximum atomic E-state index is 13.1. The lowest BCUT2D eigenvalue weighted by Gasteiger charge is -2.36. The lowest BCUT2D eigenvalue weighted by atomic mass is 10.0. The fraction of sp³-hybridized carbons (Fsp3) is 0.500. The minimum absolute atomic E-state index is 0.0789. The molecule has 1 aromatic carbocycles.